The van der Waals surface area contributed by atoms with Crippen molar-refractivity contribution < 1.29 is 14.0 Å². The van der Waals surface area contributed by atoms with Gasteiger partial charge in [0, 0.05) is 24.1 Å². The monoisotopic (exact) mass is 266 g/mol. The minimum Gasteiger partial charge on any atom is -0.490 e. The van der Waals surface area contributed by atoms with Gasteiger partial charge in [0.05, 0.1) is 18.2 Å². The van der Waals surface area contributed by atoms with Gasteiger partial charge in [-0.05, 0) is 6.07 Å². The van der Waals surface area contributed by atoms with Crippen LogP contribution in [0.25, 0.3) is 11.3 Å². The van der Waals surface area contributed by atoms with Gasteiger partial charge in [-0.25, -0.2) is 0 Å². The number of nitrogen functional groups attached to an aromatic ring is 1. The first kappa shape index (κ1) is 11.2. The molecule has 18 heavy (non-hydrogen) atoms. The molecular weight excluding hydrogens is 256 g/mol. The Balaban J connectivity index is 2.08. The van der Waals surface area contributed by atoms with Crippen LogP contribution in [0.2, 0.25) is 5.02 Å². The summed E-state index contributed by atoms with van der Waals surface area (Å²) in [5.41, 5.74) is 6.21. The van der Waals surface area contributed by atoms with Crippen LogP contribution in [0.15, 0.2) is 22.7 Å². The maximum Gasteiger partial charge on any atom is 0.170 e. The number of nitrogens with two attached hydrogens (primary N) is 1. The molecule has 0 unspecified atom stereocenters. The number of ether oxygens (including phenoxy) is 2. The molecule has 1 aromatic carbocycles. The van der Waals surface area contributed by atoms with Gasteiger partial charge < -0.3 is 19.7 Å². The standard InChI is InChI=1S/C12H11ClN2O3/c13-8-5-11-10(16-2-1-3-17-11)4-7(8)9-6-12(14)15-18-9/h4-6H,1-3H2,(H2,14,15). The second-order valence-corrected chi connectivity index (χ2v) is 4.35. The average molecular weight is 267 g/mol. The van der Waals surface area contributed by atoms with Crippen LogP contribution in [-0.2, 0) is 0 Å². The highest BCUT2D eigenvalue weighted by molar-refractivity contribution is 6.33. The molecule has 6 heteroatoms. The molecule has 0 aliphatic carbocycles. The van der Waals surface area contributed by atoms with E-state index in [1.807, 2.05) is 0 Å². The lowest BCUT2D eigenvalue weighted by molar-refractivity contribution is 0.297. The van der Waals surface area contributed by atoms with Crippen LogP contribution >= 0.6 is 11.6 Å². The summed E-state index contributed by atoms with van der Waals surface area (Å²) in [4.78, 5) is 0. The van der Waals surface area contributed by atoms with E-state index in [1.165, 1.54) is 0 Å². The number of benzene rings is 1. The zero-order chi connectivity index (χ0) is 12.5. The molecule has 2 aromatic rings. The van der Waals surface area contributed by atoms with Crippen molar-refractivity contribution in [2.45, 2.75) is 6.42 Å². The lowest BCUT2D eigenvalue weighted by Gasteiger charge is -2.09. The van der Waals surface area contributed by atoms with Gasteiger partial charge in [0.25, 0.3) is 0 Å². The second-order valence-electron chi connectivity index (χ2n) is 3.95. The third kappa shape index (κ3) is 1.97. The van der Waals surface area contributed by atoms with Crippen LogP contribution in [-0.4, -0.2) is 18.4 Å². The SMILES string of the molecule is Nc1cc(-c2cc3c(cc2Cl)OCCCO3)on1. The Kier molecular flexibility index (Phi) is 2.76. The van der Waals surface area contributed by atoms with Crippen molar-refractivity contribution in [1.29, 1.82) is 0 Å². The van der Waals surface area contributed by atoms with Gasteiger partial charge >= 0.3 is 0 Å². The number of rotatable bonds is 1. The lowest BCUT2D eigenvalue weighted by atomic mass is 10.1. The van der Waals surface area contributed by atoms with Gasteiger partial charge in [-0.15, -0.1) is 0 Å². The quantitative estimate of drug-likeness (QED) is 0.859. The molecular formula is C12H11ClN2O3. The average Bonchev–Trinajstić information content (AvgIpc) is 2.65. The van der Waals surface area contributed by atoms with E-state index in [0.717, 1.165) is 6.42 Å². The first-order valence-electron chi connectivity index (χ1n) is 5.56. The highest BCUT2D eigenvalue weighted by Crippen LogP contribution is 2.39. The fraction of sp³-hybridized carbons (Fsp3) is 0.250. The summed E-state index contributed by atoms with van der Waals surface area (Å²) >= 11 is 6.19. The first-order chi connectivity index (χ1) is 8.74. The Morgan fingerprint density at radius 1 is 1.11 bits per heavy atom. The molecule has 0 fully saturated rings. The number of halogens is 1. The van der Waals surface area contributed by atoms with Crippen LogP contribution in [0.1, 0.15) is 6.42 Å². The van der Waals surface area contributed by atoms with E-state index in [4.69, 9.17) is 31.3 Å². The predicted molar refractivity (Wildman–Crippen MR) is 67.0 cm³/mol. The largest absolute Gasteiger partial charge is 0.490 e. The molecule has 0 amide bonds. The molecule has 0 saturated carbocycles. The molecule has 5 nitrogen and oxygen atoms in total. The zero-order valence-corrected chi connectivity index (χ0v) is 10.2. The Morgan fingerprint density at radius 3 is 2.50 bits per heavy atom. The molecule has 0 atom stereocenters. The second kappa shape index (κ2) is 4.42. The van der Waals surface area contributed by atoms with Crippen LogP contribution in [0.4, 0.5) is 5.82 Å². The van der Waals surface area contributed by atoms with E-state index in [1.54, 1.807) is 18.2 Å². The fourth-order valence-corrected chi connectivity index (χ4v) is 2.04. The number of hydrogen-bond donors (Lipinski definition) is 1. The number of fused-ring (bicyclic) bond motifs is 1. The molecule has 2 heterocycles. The maximum atomic E-state index is 6.19. The van der Waals surface area contributed by atoms with E-state index in [-0.39, 0.29) is 0 Å². The van der Waals surface area contributed by atoms with Crippen molar-refractivity contribution in [2.24, 2.45) is 0 Å². The molecule has 0 radical (unpaired) electrons. The minimum absolute atomic E-state index is 0.313. The van der Waals surface area contributed by atoms with Crippen molar-refractivity contribution in [2.75, 3.05) is 18.9 Å². The summed E-state index contributed by atoms with van der Waals surface area (Å²) in [5, 5.41) is 4.15. The minimum atomic E-state index is 0.313. The molecule has 2 N–H and O–H groups in total. The van der Waals surface area contributed by atoms with Crippen LogP contribution < -0.4 is 15.2 Å². The molecule has 1 aromatic heterocycles. The Hall–Kier alpha value is -1.88. The summed E-state index contributed by atoms with van der Waals surface area (Å²) in [5.74, 6) is 2.12. The van der Waals surface area contributed by atoms with Gasteiger partial charge in [-0.3, -0.25) is 0 Å². The van der Waals surface area contributed by atoms with Crippen LogP contribution in [0.3, 0.4) is 0 Å². The maximum absolute atomic E-state index is 6.19. The number of anilines is 1. The Morgan fingerprint density at radius 2 is 1.83 bits per heavy atom. The third-order valence-electron chi connectivity index (χ3n) is 2.63. The summed E-state index contributed by atoms with van der Waals surface area (Å²) in [6, 6.07) is 5.12. The summed E-state index contributed by atoms with van der Waals surface area (Å²) in [6.45, 7) is 1.24. The number of nitrogens with zero attached hydrogens (tertiary/aromatic N) is 1. The molecule has 0 spiro atoms. The highest BCUT2D eigenvalue weighted by Gasteiger charge is 2.17. The molecule has 0 saturated heterocycles. The zero-order valence-electron chi connectivity index (χ0n) is 9.48. The molecule has 1 aliphatic rings. The number of aromatic nitrogens is 1. The van der Waals surface area contributed by atoms with Gasteiger partial charge in [0.1, 0.15) is 0 Å². The topological polar surface area (TPSA) is 70.5 Å². The van der Waals surface area contributed by atoms with E-state index < -0.39 is 0 Å². The Bertz CT molecular complexity index is 583. The van der Waals surface area contributed by atoms with E-state index in [9.17, 15) is 0 Å². The Labute approximate surface area is 108 Å². The van der Waals surface area contributed by atoms with Gasteiger partial charge in [-0.1, -0.05) is 16.8 Å². The summed E-state index contributed by atoms with van der Waals surface area (Å²) in [6.07, 6.45) is 0.844. The fourth-order valence-electron chi connectivity index (χ4n) is 1.79. The molecule has 3 rings (SSSR count). The number of hydrogen-bond acceptors (Lipinski definition) is 5. The van der Waals surface area contributed by atoms with Gasteiger partial charge in [0.15, 0.2) is 23.1 Å². The van der Waals surface area contributed by atoms with Crippen molar-refractivity contribution in [3.8, 4) is 22.8 Å². The third-order valence-corrected chi connectivity index (χ3v) is 2.94. The van der Waals surface area contributed by atoms with Crippen molar-refractivity contribution >= 4 is 17.4 Å². The summed E-state index contributed by atoms with van der Waals surface area (Å²) in [7, 11) is 0. The van der Waals surface area contributed by atoms with Gasteiger partial charge in [0.2, 0.25) is 0 Å². The van der Waals surface area contributed by atoms with E-state index in [2.05, 4.69) is 5.16 Å². The molecule has 0 bridgehead atoms. The van der Waals surface area contributed by atoms with Crippen molar-refractivity contribution in [3.05, 3.63) is 23.2 Å². The normalized spacial score (nSPS) is 14.3. The van der Waals surface area contributed by atoms with Crippen molar-refractivity contribution in [1.82, 2.24) is 5.16 Å². The highest BCUT2D eigenvalue weighted by atomic mass is 35.5. The van der Waals surface area contributed by atoms with E-state index in [0.29, 0.717) is 46.9 Å². The molecule has 1 aliphatic heterocycles. The van der Waals surface area contributed by atoms with Gasteiger partial charge in [-0.2, -0.15) is 0 Å². The smallest absolute Gasteiger partial charge is 0.170 e. The summed E-state index contributed by atoms with van der Waals surface area (Å²) < 4.78 is 16.2. The predicted octanol–water partition coefficient (Wildman–Crippen LogP) is 2.74. The lowest BCUT2D eigenvalue weighted by Crippen LogP contribution is -1.97. The first-order valence-corrected chi connectivity index (χ1v) is 5.93. The van der Waals surface area contributed by atoms with Crippen molar-refractivity contribution in [3.63, 3.8) is 0 Å². The molecule has 94 valence electrons. The van der Waals surface area contributed by atoms with E-state index >= 15 is 0 Å². The van der Waals surface area contributed by atoms with Crippen LogP contribution in [0.5, 0.6) is 11.5 Å². The van der Waals surface area contributed by atoms with Crippen LogP contribution in [0, 0.1) is 0 Å².